The number of hydrogen-bond donors (Lipinski definition) is 2. The van der Waals surface area contributed by atoms with Gasteiger partial charge in [0.1, 0.15) is 5.01 Å². The minimum Gasteiger partial charge on any atom is -0.416 e. The number of nitrogens with one attached hydrogen (secondary N) is 1. The Morgan fingerprint density at radius 2 is 2.27 bits per heavy atom. The summed E-state index contributed by atoms with van der Waals surface area (Å²) in [5.41, 5.74) is 2.43. The second kappa shape index (κ2) is 4.55. The topological polar surface area (TPSA) is 103 Å². The Morgan fingerprint density at radius 3 is 2.87 bits per heavy atom. The highest BCUT2D eigenvalue weighted by atomic mass is 32.2. The molecule has 0 unspecified atom stereocenters. The van der Waals surface area contributed by atoms with Gasteiger partial charge >= 0.3 is 0 Å². The summed E-state index contributed by atoms with van der Waals surface area (Å²) in [6.45, 7) is 1.75. The van der Waals surface area contributed by atoms with Crippen LogP contribution in [-0.2, 0) is 5.75 Å². The number of nitrogens with two attached hydrogens (primary N) is 1. The fraction of sp³-hybridized carbons (Fsp3) is 0.333. The Bertz CT molecular complexity index is 440. The molecule has 2 heterocycles. The van der Waals surface area contributed by atoms with Crippen molar-refractivity contribution in [3.05, 3.63) is 10.9 Å². The molecular weight excluding hydrogens is 236 g/mol. The van der Waals surface area contributed by atoms with Crippen LogP contribution in [0.25, 0.3) is 0 Å². The maximum atomic E-state index is 5.20. The van der Waals surface area contributed by atoms with Crippen LogP contribution >= 0.6 is 23.1 Å². The molecule has 9 heteroatoms. The maximum Gasteiger partial charge on any atom is 0.276 e. The monoisotopic (exact) mass is 244 g/mol. The summed E-state index contributed by atoms with van der Waals surface area (Å²) in [6.07, 6.45) is 0. The van der Waals surface area contributed by atoms with Gasteiger partial charge in [0.2, 0.25) is 11.0 Å². The Balaban J connectivity index is 1.93. The quantitative estimate of drug-likeness (QED) is 0.462. The minimum absolute atomic E-state index is 0.532. The van der Waals surface area contributed by atoms with E-state index in [1.807, 2.05) is 0 Å². The molecule has 0 radical (unpaired) electrons. The number of rotatable bonds is 4. The van der Waals surface area contributed by atoms with Crippen molar-refractivity contribution in [2.45, 2.75) is 17.9 Å². The molecule has 0 saturated heterocycles. The molecule has 0 aliphatic rings. The molecular formula is C6H8N6OS2. The molecule has 0 spiro atoms. The van der Waals surface area contributed by atoms with Crippen LogP contribution in [0.2, 0.25) is 0 Å². The Hall–Kier alpha value is -1.19. The van der Waals surface area contributed by atoms with Crippen molar-refractivity contribution in [1.82, 2.24) is 20.4 Å². The number of aromatic nitrogens is 4. The first-order valence-electron chi connectivity index (χ1n) is 4.00. The second-order valence-corrected chi connectivity index (χ2v) is 4.51. The van der Waals surface area contributed by atoms with Crippen molar-refractivity contribution in [2.24, 2.45) is 5.84 Å². The van der Waals surface area contributed by atoms with Gasteiger partial charge in [-0.1, -0.05) is 23.1 Å². The largest absolute Gasteiger partial charge is 0.416 e. The van der Waals surface area contributed by atoms with Gasteiger partial charge in [-0.05, 0) is 0 Å². The first-order chi connectivity index (χ1) is 7.28. The van der Waals surface area contributed by atoms with E-state index in [0.29, 0.717) is 22.0 Å². The zero-order valence-corrected chi connectivity index (χ0v) is 9.43. The molecule has 0 aliphatic heterocycles. The minimum atomic E-state index is 0.532. The lowest BCUT2D eigenvalue weighted by Gasteiger charge is -1.89. The molecule has 3 N–H and O–H groups in total. The highest BCUT2D eigenvalue weighted by Gasteiger charge is 2.07. The smallest absolute Gasteiger partial charge is 0.276 e. The van der Waals surface area contributed by atoms with Crippen molar-refractivity contribution >= 4 is 28.2 Å². The summed E-state index contributed by atoms with van der Waals surface area (Å²) in [6, 6.07) is 0. The molecule has 2 aromatic rings. The van der Waals surface area contributed by atoms with Crippen LogP contribution in [0, 0.1) is 6.92 Å². The van der Waals surface area contributed by atoms with Crippen molar-refractivity contribution in [3.8, 4) is 0 Å². The van der Waals surface area contributed by atoms with Gasteiger partial charge in [0, 0.05) is 6.92 Å². The Labute approximate surface area is 93.5 Å². The zero-order chi connectivity index (χ0) is 10.7. The lowest BCUT2D eigenvalue weighted by molar-refractivity contribution is 0.429. The number of nitrogens with zero attached hydrogens (tertiary/aromatic N) is 4. The fourth-order valence-electron chi connectivity index (χ4n) is 0.830. The number of thioether (sulfide) groups is 1. The molecule has 7 nitrogen and oxygen atoms in total. The summed E-state index contributed by atoms with van der Waals surface area (Å²) in [5.74, 6) is 6.38. The van der Waals surface area contributed by atoms with Gasteiger partial charge in [0.15, 0.2) is 0 Å². The first-order valence-corrected chi connectivity index (χ1v) is 5.80. The summed E-state index contributed by atoms with van der Waals surface area (Å²) in [4.78, 5) is 0. The van der Waals surface area contributed by atoms with Crippen molar-refractivity contribution < 1.29 is 4.42 Å². The summed E-state index contributed by atoms with van der Waals surface area (Å²) in [5, 5.41) is 17.3. The van der Waals surface area contributed by atoms with Crippen LogP contribution in [0.1, 0.15) is 10.9 Å². The van der Waals surface area contributed by atoms with Crippen LogP contribution in [0.4, 0.5) is 5.13 Å². The molecule has 0 fully saturated rings. The number of nitrogen functional groups attached to an aromatic ring is 1. The SMILES string of the molecule is Cc1nnc(SCc2nnc(NN)s2)o1. The van der Waals surface area contributed by atoms with Crippen LogP contribution < -0.4 is 11.3 Å². The molecule has 2 aromatic heterocycles. The van der Waals surface area contributed by atoms with Crippen LogP contribution in [0.3, 0.4) is 0 Å². The van der Waals surface area contributed by atoms with Crippen molar-refractivity contribution in [1.29, 1.82) is 0 Å². The third-order valence-corrected chi connectivity index (χ3v) is 3.28. The fourth-order valence-corrected chi connectivity index (χ4v) is 2.27. The summed E-state index contributed by atoms with van der Waals surface area (Å²) < 4.78 is 5.20. The third kappa shape index (κ3) is 2.64. The van der Waals surface area contributed by atoms with Crippen LogP contribution in [0.15, 0.2) is 9.64 Å². The van der Waals surface area contributed by atoms with Gasteiger partial charge in [0.05, 0.1) is 5.75 Å². The highest BCUT2D eigenvalue weighted by Crippen LogP contribution is 2.24. The average molecular weight is 244 g/mol. The van der Waals surface area contributed by atoms with E-state index >= 15 is 0 Å². The number of anilines is 1. The summed E-state index contributed by atoms with van der Waals surface area (Å²) in [7, 11) is 0. The molecule has 15 heavy (non-hydrogen) atoms. The number of hydrogen-bond acceptors (Lipinski definition) is 9. The van der Waals surface area contributed by atoms with E-state index in [4.69, 9.17) is 10.3 Å². The van der Waals surface area contributed by atoms with E-state index in [9.17, 15) is 0 Å². The molecule has 2 rings (SSSR count). The molecule has 80 valence electrons. The van der Waals surface area contributed by atoms with E-state index < -0.39 is 0 Å². The average Bonchev–Trinajstić information content (AvgIpc) is 2.83. The Kier molecular flexibility index (Phi) is 3.14. The normalized spacial score (nSPS) is 10.5. The lowest BCUT2D eigenvalue weighted by Crippen LogP contribution is -2.05. The standard InChI is InChI=1S/C6H8N6OS2/c1-3-9-12-6(13-3)14-2-4-10-11-5(8-7)15-4/h2,7H2,1H3,(H,8,11). The van der Waals surface area contributed by atoms with Crippen molar-refractivity contribution in [2.75, 3.05) is 5.43 Å². The third-order valence-electron chi connectivity index (χ3n) is 1.42. The number of aryl methyl sites for hydroxylation is 1. The van der Waals surface area contributed by atoms with Crippen molar-refractivity contribution in [3.63, 3.8) is 0 Å². The first kappa shape index (κ1) is 10.3. The predicted octanol–water partition coefficient (Wildman–Crippen LogP) is 0.807. The van der Waals surface area contributed by atoms with E-state index in [1.165, 1.54) is 23.1 Å². The molecule has 0 amide bonds. The van der Waals surface area contributed by atoms with Gasteiger partial charge in [0.25, 0.3) is 5.22 Å². The molecule has 0 bridgehead atoms. The highest BCUT2D eigenvalue weighted by molar-refractivity contribution is 7.98. The van der Waals surface area contributed by atoms with E-state index in [1.54, 1.807) is 6.92 Å². The maximum absolute atomic E-state index is 5.20. The van der Waals surface area contributed by atoms with Gasteiger partial charge in [-0.2, -0.15) is 0 Å². The molecule has 0 saturated carbocycles. The van der Waals surface area contributed by atoms with Crippen LogP contribution in [0.5, 0.6) is 0 Å². The number of hydrazine groups is 1. The van der Waals surface area contributed by atoms with Crippen LogP contribution in [-0.4, -0.2) is 20.4 Å². The van der Waals surface area contributed by atoms with E-state index in [-0.39, 0.29) is 0 Å². The van der Waals surface area contributed by atoms with E-state index in [2.05, 4.69) is 25.8 Å². The van der Waals surface area contributed by atoms with Gasteiger partial charge < -0.3 is 4.42 Å². The summed E-state index contributed by atoms with van der Waals surface area (Å²) >= 11 is 2.81. The predicted molar refractivity (Wildman–Crippen MR) is 56.3 cm³/mol. The molecule has 0 aromatic carbocycles. The molecule has 0 aliphatic carbocycles. The molecule has 0 atom stereocenters. The zero-order valence-electron chi connectivity index (χ0n) is 7.80. The van der Waals surface area contributed by atoms with Gasteiger partial charge in [-0.3, -0.25) is 5.43 Å². The van der Waals surface area contributed by atoms with E-state index in [0.717, 1.165) is 5.01 Å². The second-order valence-electron chi connectivity index (χ2n) is 2.52. The van der Waals surface area contributed by atoms with Gasteiger partial charge in [-0.25, -0.2) is 5.84 Å². The van der Waals surface area contributed by atoms with Gasteiger partial charge in [-0.15, -0.1) is 20.4 Å². The Morgan fingerprint density at radius 1 is 1.40 bits per heavy atom. The lowest BCUT2D eigenvalue weighted by atomic mass is 10.8.